The average molecular weight is 279 g/mol. The summed E-state index contributed by atoms with van der Waals surface area (Å²) >= 11 is 0. The summed E-state index contributed by atoms with van der Waals surface area (Å²) in [7, 11) is 0. The van der Waals surface area contributed by atoms with E-state index in [0.717, 1.165) is 24.8 Å². The number of aryl methyl sites for hydroxylation is 2. The first kappa shape index (κ1) is 14.7. The molecule has 3 N–H and O–H groups in total. The first-order valence-electron chi connectivity index (χ1n) is 6.98. The molecule has 0 radical (unpaired) electrons. The van der Waals surface area contributed by atoms with Crippen molar-refractivity contribution in [1.82, 2.24) is 15.3 Å². The van der Waals surface area contributed by atoms with E-state index in [1.807, 2.05) is 0 Å². The number of H-pyrrole nitrogens is 1. The van der Waals surface area contributed by atoms with Crippen LogP contribution in [0.3, 0.4) is 0 Å². The summed E-state index contributed by atoms with van der Waals surface area (Å²) < 4.78 is 0. The highest BCUT2D eigenvalue weighted by Gasteiger charge is 2.25. The van der Waals surface area contributed by atoms with Gasteiger partial charge in [0.25, 0.3) is 0 Å². The van der Waals surface area contributed by atoms with Crippen LogP contribution in [0.5, 0.6) is 0 Å². The van der Waals surface area contributed by atoms with Gasteiger partial charge in [-0.25, -0.2) is 4.79 Å². The van der Waals surface area contributed by atoms with Crippen molar-refractivity contribution < 1.29 is 9.90 Å². The standard InChI is InChI=1S/C14H21N3O3/c1-8-11(9(2)17-14(20)16-8)6-13(19)15-7-10-4-3-5-12(10)18/h10,12,18H,3-7H2,1-2H3,(H,15,19)(H,16,17,20). The third kappa shape index (κ3) is 3.45. The van der Waals surface area contributed by atoms with Gasteiger partial charge in [-0.3, -0.25) is 4.79 Å². The third-order valence-corrected chi connectivity index (χ3v) is 3.97. The molecular formula is C14H21N3O3. The Morgan fingerprint density at radius 1 is 1.45 bits per heavy atom. The largest absolute Gasteiger partial charge is 0.393 e. The maximum Gasteiger partial charge on any atom is 0.345 e. The molecular weight excluding hydrogens is 258 g/mol. The quantitative estimate of drug-likeness (QED) is 0.734. The molecule has 1 amide bonds. The molecule has 2 rings (SSSR count). The van der Waals surface area contributed by atoms with Crippen molar-refractivity contribution in [2.24, 2.45) is 5.92 Å². The van der Waals surface area contributed by atoms with Crippen molar-refractivity contribution in [3.8, 4) is 0 Å². The molecule has 2 unspecified atom stereocenters. The van der Waals surface area contributed by atoms with E-state index in [-0.39, 0.29) is 24.3 Å². The first-order chi connectivity index (χ1) is 9.47. The first-order valence-corrected chi connectivity index (χ1v) is 6.98. The molecule has 6 nitrogen and oxygen atoms in total. The topological polar surface area (TPSA) is 95.1 Å². The van der Waals surface area contributed by atoms with Crippen molar-refractivity contribution in [2.45, 2.75) is 45.6 Å². The second-order valence-electron chi connectivity index (χ2n) is 5.47. The number of nitrogens with one attached hydrogen (secondary N) is 2. The van der Waals surface area contributed by atoms with Crippen molar-refractivity contribution in [1.29, 1.82) is 0 Å². The summed E-state index contributed by atoms with van der Waals surface area (Å²) in [4.78, 5) is 29.6. The molecule has 1 saturated carbocycles. The van der Waals surface area contributed by atoms with Crippen molar-refractivity contribution in [2.75, 3.05) is 6.54 Å². The minimum absolute atomic E-state index is 0.107. The molecule has 0 bridgehead atoms. The Morgan fingerprint density at radius 3 is 2.80 bits per heavy atom. The predicted molar refractivity (Wildman–Crippen MR) is 74.4 cm³/mol. The molecule has 1 aliphatic rings. The van der Waals surface area contributed by atoms with Crippen LogP contribution < -0.4 is 11.0 Å². The highest BCUT2D eigenvalue weighted by molar-refractivity contribution is 5.79. The number of hydrogen-bond donors (Lipinski definition) is 3. The zero-order chi connectivity index (χ0) is 14.7. The van der Waals surface area contributed by atoms with Gasteiger partial charge in [0.05, 0.1) is 12.5 Å². The molecule has 1 aliphatic carbocycles. The lowest BCUT2D eigenvalue weighted by molar-refractivity contribution is -0.120. The molecule has 110 valence electrons. The number of hydrogen-bond acceptors (Lipinski definition) is 4. The maximum atomic E-state index is 12.0. The molecule has 0 saturated heterocycles. The van der Waals surface area contributed by atoms with Gasteiger partial charge in [0.15, 0.2) is 0 Å². The van der Waals surface area contributed by atoms with Crippen LogP contribution >= 0.6 is 0 Å². The van der Waals surface area contributed by atoms with Crippen LogP contribution in [0.1, 0.15) is 36.2 Å². The summed E-state index contributed by atoms with van der Waals surface area (Å²) in [6, 6.07) is 0. The van der Waals surface area contributed by atoms with Crippen molar-refractivity contribution in [3.05, 3.63) is 27.4 Å². The van der Waals surface area contributed by atoms with Crippen LogP contribution in [-0.4, -0.2) is 33.6 Å². The molecule has 2 atom stereocenters. The van der Waals surface area contributed by atoms with Crippen molar-refractivity contribution in [3.63, 3.8) is 0 Å². The van der Waals surface area contributed by atoms with Gasteiger partial charge in [0.2, 0.25) is 5.91 Å². The van der Waals surface area contributed by atoms with E-state index in [1.54, 1.807) is 13.8 Å². The molecule has 0 aromatic carbocycles. The normalized spacial score (nSPS) is 21.9. The van der Waals surface area contributed by atoms with Crippen LogP contribution in [0.25, 0.3) is 0 Å². The highest BCUT2D eigenvalue weighted by atomic mass is 16.3. The molecule has 0 aliphatic heterocycles. The van der Waals surface area contributed by atoms with Crippen LogP contribution in [0, 0.1) is 19.8 Å². The zero-order valence-corrected chi connectivity index (χ0v) is 11.9. The highest BCUT2D eigenvalue weighted by Crippen LogP contribution is 2.24. The fourth-order valence-corrected chi connectivity index (χ4v) is 2.74. The molecule has 1 aromatic rings. The summed E-state index contributed by atoms with van der Waals surface area (Å²) in [5.74, 6) is 0.0546. The van der Waals surface area contributed by atoms with Gasteiger partial charge in [-0.05, 0) is 26.7 Å². The maximum absolute atomic E-state index is 12.0. The van der Waals surface area contributed by atoms with Crippen LogP contribution in [-0.2, 0) is 11.2 Å². The van der Waals surface area contributed by atoms with E-state index < -0.39 is 5.69 Å². The Hall–Kier alpha value is -1.69. The SMILES string of the molecule is Cc1nc(=O)[nH]c(C)c1CC(=O)NCC1CCCC1O. The summed E-state index contributed by atoms with van der Waals surface area (Å²) in [5, 5.41) is 12.6. The van der Waals surface area contributed by atoms with Crippen molar-refractivity contribution >= 4 is 5.91 Å². The number of nitrogens with zero attached hydrogens (tertiary/aromatic N) is 1. The zero-order valence-electron chi connectivity index (χ0n) is 11.9. The van der Waals surface area contributed by atoms with E-state index in [4.69, 9.17) is 0 Å². The van der Waals surface area contributed by atoms with Gasteiger partial charge in [0, 0.05) is 29.4 Å². The van der Waals surface area contributed by atoms with E-state index in [1.165, 1.54) is 0 Å². The van der Waals surface area contributed by atoms with Gasteiger partial charge in [0.1, 0.15) is 0 Å². The number of aliphatic hydroxyl groups excluding tert-OH is 1. The monoisotopic (exact) mass is 279 g/mol. The van der Waals surface area contributed by atoms with Crippen LogP contribution in [0.2, 0.25) is 0 Å². The van der Waals surface area contributed by atoms with Gasteiger partial charge in [-0.2, -0.15) is 4.98 Å². The Labute approximate surface area is 117 Å². The summed E-state index contributed by atoms with van der Waals surface area (Å²) in [5.41, 5.74) is 1.63. The van der Waals surface area contributed by atoms with E-state index in [0.29, 0.717) is 17.9 Å². The fraction of sp³-hybridized carbons (Fsp3) is 0.643. The number of carbonyl (C=O) groups is 1. The van der Waals surface area contributed by atoms with Crippen LogP contribution in [0.15, 0.2) is 4.79 Å². The minimum Gasteiger partial charge on any atom is -0.393 e. The fourth-order valence-electron chi connectivity index (χ4n) is 2.74. The van der Waals surface area contributed by atoms with Gasteiger partial charge in [-0.15, -0.1) is 0 Å². The lowest BCUT2D eigenvalue weighted by atomic mass is 10.1. The molecule has 1 fully saturated rings. The number of rotatable bonds is 4. The number of aromatic nitrogens is 2. The Balaban J connectivity index is 1.93. The van der Waals surface area contributed by atoms with Gasteiger partial charge >= 0.3 is 5.69 Å². The van der Waals surface area contributed by atoms with Crippen LogP contribution in [0.4, 0.5) is 0 Å². The Kier molecular flexibility index (Phi) is 4.54. The second-order valence-corrected chi connectivity index (χ2v) is 5.47. The minimum atomic E-state index is -0.391. The molecule has 0 spiro atoms. The van der Waals surface area contributed by atoms with E-state index in [9.17, 15) is 14.7 Å². The molecule has 1 aromatic heterocycles. The number of amides is 1. The Bertz CT molecular complexity index is 527. The Morgan fingerprint density at radius 2 is 2.20 bits per heavy atom. The number of carbonyl (C=O) groups excluding carboxylic acids is 1. The molecule has 20 heavy (non-hydrogen) atoms. The number of aromatic amines is 1. The predicted octanol–water partition coefficient (Wildman–Crippen LogP) is 0.206. The summed E-state index contributed by atoms with van der Waals surface area (Å²) in [6.07, 6.45) is 2.70. The van der Waals surface area contributed by atoms with E-state index >= 15 is 0 Å². The summed E-state index contributed by atoms with van der Waals surface area (Å²) in [6.45, 7) is 4.00. The second kappa shape index (κ2) is 6.17. The smallest absolute Gasteiger partial charge is 0.345 e. The molecule has 6 heteroatoms. The average Bonchev–Trinajstić information content (AvgIpc) is 2.77. The lowest BCUT2D eigenvalue weighted by Crippen LogP contribution is -2.34. The lowest BCUT2D eigenvalue weighted by Gasteiger charge is -2.15. The van der Waals surface area contributed by atoms with Gasteiger partial charge < -0.3 is 15.4 Å². The third-order valence-electron chi connectivity index (χ3n) is 3.97. The van der Waals surface area contributed by atoms with Gasteiger partial charge in [-0.1, -0.05) is 6.42 Å². The molecule has 1 heterocycles. The number of aliphatic hydroxyl groups is 1. The van der Waals surface area contributed by atoms with E-state index in [2.05, 4.69) is 15.3 Å².